The van der Waals surface area contributed by atoms with Crippen molar-refractivity contribution in [2.24, 2.45) is 0 Å². The molecule has 0 spiro atoms. The molecule has 2 rings (SSSR count). The molecule has 0 aliphatic carbocycles. The standard InChI is InChI=1S/C16H18FNO/c1-13(15-9-5-6-10-16(15)17)18-11-12-19-14-7-3-2-4-8-14/h2-10,13,18H,11-12H2,1H3. The van der Waals surface area contributed by atoms with Gasteiger partial charge in [-0.25, -0.2) is 4.39 Å². The van der Waals surface area contributed by atoms with Crippen molar-refractivity contribution in [3.8, 4) is 5.75 Å². The third-order valence-corrected chi connectivity index (χ3v) is 2.94. The summed E-state index contributed by atoms with van der Waals surface area (Å²) in [4.78, 5) is 0. The lowest BCUT2D eigenvalue weighted by Gasteiger charge is -2.15. The third kappa shape index (κ3) is 4.07. The molecular weight excluding hydrogens is 241 g/mol. The molecule has 0 bridgehead atoms. The first-order valence-electron chi connectivity index (χ1n) is 6.43. The second-order valence-electron chi connectivity index (χ2n) is 4.36. The van der Waals surface area contributed by atoms with Gasteiger partial charge in [0.1, 0.15) is 18.2 Å². The maximum Gasteiger partial charge on any atom is 0.127 e. The van der Waals surface area contributed by atoms with Crippen LogP contribution < -0.4 is 10.1 Å². The van der Waals surface area contributed by atoms with Gasteiger partial charge < -0.3 is 10.1 Å². The van der Waals surface area contributed by atoms with Gasteiger partial charge in [0.15, 0.2) is 0 Å². The van der Waals surface area contributed by atoms with E-state index in [1.165, 1.54) is 6.07 Å². The summed E-state index contributed by atoms with van der Waals surface area (Å²) >= 11 is 0. The largest absolute Gasteiger partial charge is 0.492 e. The summed E-state index contributed by atoms with van der Waals surface area (Å²) in [6.45, 7) is 3.17. The summed E-state index contributed by atoms with van der Waals surface area (Å²) in [5.74, 6) is 0.675. The van der Waals surface area contributed by atoms with Crippen LogP contribution in [0.25, 0.3) is 0 Å². The summed E-state index contributed by atoms with van der Waals surface area (Å²) in [6, 6.07) is 16.4. The summed E-state index contributed by atoms with van der Waals surface area (Å²) in [7, 11) is 0. The predicted octanol–water partition coefficient (Wildman–Crippen LogP) is 3.56. The Labute approximate surface area is 113 Å². The Balaban J connectivity index is 1.76. The lowest BCUT2D eigenvalue weighted by molar-refractivity contribution is 0.307. The maximum absolute atomic E-state index is 13.5. The minimum atomic E-state index is -0.175. The summed E-state index contributed by atoms with van der Waals surface area (Å²) in [5.41, 5.74) is 0.683. The zero-order valence-electron chi connectivity index (χ0n) is 11.0. The fraction of sp³-hybridized carbons (Fsp3) is 0.250. The molecule has 2 nitrogen and oxygen atoms in total. The van der Waals surface area contributed by atoms with E-state index in [4.69, 9.17) is 4.74 Å². The van der Waals surface area contributed by atoms with Crippen LogP contribution in [-0.4, -0.2) is 13.2 Å². The SMILES string of the molecule is CC(NCCOc1ccccc1)c1ccccc1F. The quantitative estimate of drug-likeness (QED) is 0.801. The van der Waals surface area contributed by atoms with Crippen LogP contribution >= 0.6 is 0 Å². The van der Waals surface area contributed by atoms with Crippen LogP contribution in [0.15, 0.2) is 54.6 Å². The molecule has 0 aliphatic heterocycles. The van der Waals surface area contributed by atoms with Gasteiger partial charge in [0, 0.05) is 18.2 Å². The van der Waals surface area contributed by atoms with E-state index < -0.39 is 0 Å². The second kappa shape index (κ2) is 6.90. The van der Waals surface area contributed by atoms with E-state index in [0.29, 0.717) is 18.7 Å². The number of benzene rings is 2. The van der Waals surface area contributed by atoms with Crippen molar-refractivity contribution in [3.05, 3.63) is 66.0 Å². The highest BCUT2D eigenvalue weighted by molar-refractivity contribution is 5.21. The molecule has 1 N–H and O–H groups in total. The van der Waals surface area contributed by atoms with Gasteiger partial charge in [-0.15, -0.1) is 0 Å². The van der Waals surface area contributed by atoms with Crippen LogP contribution in [0.5, 0.6) is 5.75 Å². The molecule has 3 heteroatoms. The Morgan fingerprint density at radius 3 is 2.47 bits per heavy atom. The zero-order chi connectivity index (χ0) is 13.5. The fourth-order valence-electron chi connectivity index (χ4n) is 1.90. The first kappa shape index (κ1) is 13.6. The summed E-state index contributed by atoms with van der Waals surface area (Å²) < 4.78 is 19.1. The molecule has 0 saturated carbocycles. The van der Waals surface area contributed by atoms with Crippen molar-refractivity contribution in [1.29, 1.82) is 0 Å². The first-order valence-corrected chi connectivity index (χ1v) is 6.43. The van der Waals surface area contributed by atoms with Crippen LogP contribution in [-0.2, 0) is 0 Å². The molecule has 100 valence electrons. The molecule has 19 heavy (non-hydrogen) atoms. The van der Waals surface area contributed by atoms with E-state index in [1.807, 2.05) is 43.3 Å². The lowest BCUT2D eigenvalue weighted by Crippen LogP contribution is -2.24. The molecule has 2 aromatic rings. The number of para-hydroxylation sites is 1. The summed E-state index contributed by atoms with van der Waals surface area (Å²) in [5, 5.41) is 3.24. The highest BCUT2D eigenvalue weighted by Crippen LogP contribution is 2.15. The van der Waals surface area contributed by atoms with Crippen LogP contribution in [0.2, 0.25) is 0 Å². The van der Waals surface area contributed by atoms with Crippen molar-refractivity contribution < 1.29 is 9.13 Å². The predicted molar refractivity (Wildman–Crippen MR) is 74.8 cm³/mol. The van der Waals surface area contributed by atoms with Crippen molar-refractivity contribution in [3.63, 3.8) is 0 Å². The van der Waals surface area contributed by atoms with Crippen LogP contribution in [0.4, 0.5) is 4.39 Å². The van der Waals surface area contributed by atoms with Crippen molar-refractivity contribution >= 4 is 0 Å². The average molecular weight is 259 g/mol. The van der Waals surface area contributed by atoms with Crippen LogP contribution in [0, 0.1) is 5.82 Å². The van der Waals surface area contributed by atoms with E-state index in [0.717, 1.165) is 5.75 Å². The van der Waals surface area contributed by atoms with E-state index >= 15 is 0 Å². The smallest absolute Gasteiger partial charge is 0.127 e. The van der Waals surface area contributed by atoms with Gasteiger partial charge in [0.25, 0.3) is 0 Å². The number of rotatable bonds is 6. The monoisotopic (exact) mass is 259 g/mol. The first-order chi connectivity index (χ1) is 9.27. The van der Waals surface area contributed by atoms with Crippen molar-refractivity contribution in [2.75, 3.05) is 13.2 Å². The van der Waals surface area contributed by atoms with Gasteiger partial charge in [-0.3, -0.25) is 0 Å². The number of halogens is 1. The topological polar surface area (TPSA) is 21.3 Å². The van der Waals surface area contributed by atoms with Crippen molar-refractivity contribution in [1.82, 2.24) is 5.32 Å². The summed E-state index contributed by atoms with van der Waals surface area (Å²) in [6.07, 6.45) is 0. The molecule has 0 aromatic heterocycles. The highest BCUT2D eigenvalue weighted by atomic mass is 19.1. The number of nitrogens with one attached hydrogen (secondary N) is 1. The zero-order valence-corrected chi connectivity index (χ0v) is 11.0. The number of hydrogen-bond acceptors (Lipinski definition) is 2. The molecule has 0 fully saturated rings. The Bertz CT molecular complexity index is 501. The Morgan fingerprint density at radius 1 is 1.05 bits per heavy atom. The van der Waals surface area contributed by atoms with Gasteiger partial charge in [0.05, 0.1) is 0 Å². The van der Waals surface area contributed by atoms with Gasteiger partial charge in [-0.05, 0) is 25.1 Å². The van der Waals surface area contributed by atoms with Gasteiger partial charge in [-0.1, -0.05) is 36.4 Å². The normalized spacial score (nSPS) is 12.1. The molecule has 2 aromatic carbocycles. The molecule has 0 amide bonds. The molecule has 0 heterocycles. The second-order valence-corrected chi connectivity index (χ2v) is 4.36. The minimum Gasteiger partial charge on any atom is -0.492 e. The van der Waals surface area contributed by atoms with Gasteiger partial charge in [0.2, 0.25) is 0 Å². The van der Waals surface area contributed by atoms with E-state index in [2.05, 4.69) is 5.32 Å². The highest BCUT2D eigenvalue weighted by Gasteiger charge is 2.08. The van der Waals surface area contributed by atoms with Gasteiger partial charge in [-0.2, -0.15) is 0 Å². The average Bonchev–Trinajstić information content (AvgIpc) is 2.45. The van der Waals surface area contributed by atoms with E-state index in [-0.39, 0.29) is 11.9 Å². The maximum atomic E-state index is 13.5. The lowest BCUT2D eigenvalue weighted by atomic mass is 10.1. The minimum absolute atomic E-state index is 0.0272. The van der Waals surface area contributed by atoms with Crippen molar-refractivity contribution in [2.45, 2.75) is 13.0 Å². The molecule has 1 unspecified atom stereocenters. The fourth-order valence-corrected chi connectivity index (χ4v) is 1.90. The van der Waals surface area contributed by atoms with Crippen LogP contribution in [0.3, 0.4) is 0 Å². The molecule has 0 aliphatic rings. The van der Waals surface area contributed by atoms with E-state index in [1.54, 1.807) is 12.1 Å². The number of hydrogen-bond donors (Lipinski definition) is 1. The molecule has 1 atom stereocenters. The Kier molecular flexibility index (Phi) is 4.93. The molecular formula is C16H18FNO. The van der Waals surface area contributed by atoms with Gasteiger partial charge >= 0.3 is 0 Å². The Hall–Kier alpha value is -1.87. The molecule has 0 saturated heterocycles. The van der Waals surface area contributed by atoms with E-state index in [9.17, 15) is 4.39 Å². The van der Waals surface area contributed by atoms with Crippen LogP contribution in [0.1, 0.15) is 18.5 Å². The number of ether oxygens (including phenoxy) is 1. The third-order valence-electron chi connectivity index (χ3n) is 2.94. The molecule has 0 radical (unpaired) electrons. The Morgan fingerprint density at radius 2 is 1.74 bits per heavy atom.